The summed E-state index contributed by atoms with van der Waals surface area (Å²) in [5.74, 6) is 0.222. The zero-order valence-corrected chi connectivity index (χ0v) is 29.9. The van der Waals surface area contributed by atoms with Gasteiger partial charge in [-0.25, -0.2) is 23.9 Å². The van der Waals surface area contributed by atoms with Crippen LogP contribution in [0.3, 0.4) is 0 Å². The first-order valence-corrected chi connectivity index (χ1v) is 17.6. The molecule has 2 amide bonds. The number of carbonyl (C=O) groups is 2. The second-order valence-corrected chi connectivity index (χ2v) is 14.1. The quantitative estimate of drug-likeness (QED) is 0.160. The van der Waals surface area contributed by atoms with E-state index in [4.69, 9.17) is 22.1 Å². The van der Waals surface area contributed by atoms with Gasteiger partial charge in [-0.15, -0.1) is 0 Å². The maximum atomic E-state index is 15.7. The van der Waals surface area contributed by atoms with Gasteiger partial charge < -0.3 is 25.6 Å². The van der Waals surface area contributed by atoms with E-state index < -0.39 is 11.2 Å². The van der Waals surface area contributed by atoms with Crippen molar-refractivity contribution in [3.05, 3.63) is 83.9 Å². The van der Waals surface area contributed by atoms with Gasteiger partial charge >= 0.3 is 0 Å². The first kappa shape index (κ1) is 36.4. The first-order chi connectivity index (χ1) is 25.0. The highest BCUT2D eigenvalue weighted by molar-refractivity contribution is 5.98. The topological polar surface area (TPSA) is 139 Å². The summed E-state index contributed by atoms with van der Waals surface area (Å²) < 4.78 is 23.1. The number of amides is 2. The van der Waals surface area contributed by atoms with E-state index in [0.29, 0.717) is 54.3 Å². The van der Waals surface area contributed by atoms with Gasteiger partial charge in [0.1, 0.15) is 35.2 Å². The van der Waals surface area contributed by atoms with Crippen molar-refractivity contribution in [3.63, 3.8) is 0 Å². The Bertz CT molecular complexity index is 1980. The number of hydrogen-bond donors (Lipinski definition) is 2. The summed E-state index contributed by atoms with van der Waals surface area (Å²) in [6.45, 7) is 20.1. The molecule has 4 heterocycles. The highest BCUT2D eigenvalue weighted by Crippen LogP contribution is 2.35. The van der Waals surface area contributed by atoms with Gasteiger partial charge in [0.15, 0.2) is 5.65 Å². The molecule has 2 aliphatic heterocycles. The van der Waals surface area contributed by atoms with Crippen molar-refractivity contribution in [2.75, 3.05) is 58.1 Å². The molecule has 0 unspecified atom stereocenters. The van der Waals surface area contributed by atoms with E-state index in [1.54, 1.807) is 33.8 Å². The summed E-state index contributed by atoms with van der Waals surface area (Å²) in [7, 11) is 0. The number of benzene rings is 2. The Labute approximate surface area is 303 Å². The SMILES string of the molecule is [C-]#[N+]/C(=C\C(C)(C)CN1CCN(CCNC(C)=O)CC1)C(=O)N1CCC[C@H]1Cn1nc(-c2ccc(Oc3ccccc3)cc2F)c2c(N)ncnc21. The van der Waals surface area contributed by atoms with Crippen LogP contribution in [0.1, 0.15) is 33.6 Å². The monoisotopic (exact) mass is 708 g/mol. The minimum Gasteiger partial charge on any atom is -0.457 e. The number of para-hydroxylation sites is 1. The van der Waals surface area contributed by atoms with Crippen LogP contribution in [0.15, 0.2) is 66.6 Å². The normalized spacial score (nSPS) is 17.3. The number of ether oxygens (including phenoxy) is 1. The third-order valence-electron chi connectivity index (χ3n) is 9.52. The van der Waals surface area contributed by atoms with Gasteiger partial charge in [0.05, 0.1) is 24.5 Å². The fourth-order valence-electron chi connectivity index (χ4n) is 7.06. The molecule has 14 heteroatoms. The fourth-order valence-corrected chi connectivity index (χ4v) is 7.06. The summed E-state index contributed by atoms with van der Waals surface area (Å²) in [6.07, 6.45) is 4.64. The molecule has 52 heavy (non-hydrogen) atoms. The van der Waals surface area contributed by atoms with Crippen molar-refractivity contribution in [3.8, 4) is 22.8 Å². The molecule has 2 aromatic carbocycles. The number of nitrogens with zero attached hydrogens (tertiary/aromatic N) is 8. The Morgan fingerprint density at radius 2 is 1.83 bits per heavy atom. The molecule has 3 N–H and O–H groups in total. The molecule has 1 atom stereocenters. The van der Waals surface area contributed by atoms with Gasteiger partial charge in [-0.1, -0.05) is 38.1 Å². The molecule has 4 aromatic rings. The summed E-state index contributed by atoms with van der Waals surface area (Å²) in [6, 6.07) is 13.4. The van der Waals surface area contributed by atoms with Crippen LogP contribution in [0.2, 0.25) is 0 Å². The maximum absolute atomic E-state index is 15.7. The predicted octanol–water partition coefficient (Wildman–Crippen LogP) is 4.58. The lowest BCUT2D eigenvalue weighted by Crippen LogP contribution is -2.50. The van der Waals surface area contributed by atoms with Crippen molar-refractivity contribution in [1.82, 2.24) is 39.8 Å². The molecule has 6 rings (SSSR count). The van der Waals surface area contributed by atoms with E-state index in [1.807, 2.05) is 24.3 Å². The van der Waals surface area contributed by atoms with Crippen LogP contribution in [0, 0.1) is 17.8 Å². The number of aromatic nitrogens is 4. The van der Waals surface area contributed by atoms with Crippen LogP contribution >= 0.6 is 0 Å². The lowest BCUT2D eigenvalue weighted by Gasteiger charge is -2.38. The van der Waals surface area contributed by atoms with Crippen LogP contribution in [0.5, 0.6) is 11.5 Å². The minimum absolute atomic E-state index is 0.0224. The molecule has 2 aromatic heterocycles. The number of likely N-dealkylation sites (tertiary alicyclic amines) is 1. The lowest BCUT2D eigenvalue weighted by molar-refractivity contribution is -0.128. The second-order valence-electron chi connectivity index (χ2n) is 14.1. The molecule has 0 saturated carbocycles. The summed E-state index contributed by atoms with van der Waals surface area (Å²) >= 11 is 0. The van der Waals surface area contributed by atoms with Gasteiger partial charge in [0.25, 0.3) is 5.91 Å². The molecule has 0 bridgehead atoms. The molecule has 2 aliphatic rings. The number of rotatable bonds is 12. The van der Waals surface area contributed by atoms with E-state index in [9.17, 15) is 9.59 Å². The van der Waals surface area contributed by atoms with E-state index >= 15 is 4.39 Å². The van der Waals surface area contributed by atoms with E-state index in [2.05, 4.69) is 43.8 Å². The summed E-state index contributed by atoms with van der Waals surface area (Å²) in [5.41, 5.74) is 6.95. The Kier molecular flexibility index (Phi) is 11.1. The number of anilines is 1. The van der Waals surface area contributed by atoms with E-state index in [-0.39, 0.29) is 41.5 Å². The van der Waals surface area contributed by atoms with Gasteiger partial charge in [-0.05, 0) is 42.5 Å². The molecule has 0 aliphatic carbocycles. The summed E-state index contributed by atoms with van der Waals surface area (Å²) in [4.78, 5) is 43.9. The average Bonchev–Trinajstić information content (AvgIpc) is 3.73. The highest BCUT2D eigenvalue weighted by Gasteiger charge is 2.34. The highest BCUT2D eigenvalue weighted by atomic mass is 19.1. The number of piperazine rings is 1. The van der Waals surface area contributed by atoms with E-state index in [0.717, 1.165) is 39.1 Å². The summed E-state index contributed by atoms with van der Waals surface area (Å²) in [5, 5.41) is 8.06. The van der Waals surface area contributed by atoms with Crippen LogP contribution in [0.4, 0.5) is 10.2 Å². The molecule has 272 valence electrons. The molecule has 0 radical (unpaired) electrons. The Morgan fingerprint density at radius 1 is 1.08 bits per heavy atom. The minimum atomic E-state index is -0.542. The van der Waals surface area contributed by atoms with Gasteiger partial charge in [-0.3, -0.25) is 14.5 Å². The van der Waals surface area contributed by atoms with Crippen molar-refractivity contribution in [1.29, 1.82) is 0 Å². The third-order valence-corrected chi connectivity index (χ3v) is 9.52. The smallest absolute Gasteiger partial charge is 0.252 e. The molecular formula is C38H45FN10O3. The van der Waals surface area contributed by atoms with Crippen LogP contribution in [-0.2, 0) is 16.1 Å². The van der Waals surface area contributed by atoms with Crippen molar-refractivity contribution >= 4 is 28.7 Å². The molecular weight excluding hydrogens is 663 g/mol. The van der Waals surface area contributed by atoms with Crippen LogP contribution in [-0.4, -0.2) is 105 Å². The number of nitrogen functional groups attached to an aromatic ring is 1. The maximum Gasteiger partial charge on any atom is 0.252 e. The first-order valence-electron chi connectivity index (χ1n) is 17.6. The van der Waals surface area contributed by atoms with Crippen molar-refractivity contribution in [2.45, 2.75) is 46.2 Å². The zero-order valence-electron chi connectivity index (χ0n) is 29.9. The average molecular weight is 709 g/mol. The van der Waals surface area contributed by atoms with Gasteiger partial charge in [0, 0.05) is 70.9 Å². The zero-order chi connectivity index (χ0) is 36.8. The lowest BCUT2D eigenvalue weighted by atomic mass is 9.90. The molecule has 2 saturated heterocycles. The molecule has 2 fully saturated rings. The fraction of sp³-hybridized carbons (Fsp3) is 0.421. The van der Waals surface area contributed by atoms with Crippen molar-refractivity contribution in [2.24, 2.45) is 5.41 Å². The number of hydrogen-bond acceptors (Lipinski definition) is 9. The number of carbonyl (C=O) groups excluding carboxylic acids is 2. The Morgan fingerprint density at radius 3 is 2.54 bits per heavy atom. The van der Waals surface area contributed by atoms with Gasteiger partial charge in [0.2, 0.25) is 11.6 Å². The Balaban J connectivity index is 1.16. The number of nitrogens with one attached hydrogen (secondary N) is 1. The molecule has 0 spiro atoms. The Hall–Kier alpha value is -5.39. The molecule has 13 nitrogen and oxygen atoms in total. The van der Waals surface area contributed by atoms with Gasteiger partial charge in [-0.2, -0.15) is 5.10 Å². The second kappa shape index (κ2) is 15.9. The van der Waals surface area contributed by atoms with Crippen molar-refractivity contribution < 1.29 is 18.7 Å². The predicted molar refractivity (Wildman–Crippen MR) is 196 cm³/mol. The van der Waals surface area contributed by atoms with E-state index in [1.165, 1.54) is 19.3 Å². The van der Waals surface area contributed by atoms with Crippen LogP contribution < -0.4 is 15.8 Å². The number of halogens is 1. The number of fused-ring (bicyclic) bond motifs is 1. The number of nitrogens with two attached hydrogens (primary N) is 1. The largest absolute Gasteiger partial charge is 0.457 e. The van der Waals surface area contributed by atoms with Crippen LogP contribution in [0.25, 0.3) is 27.1 Å². The third kappa shape index (κ3) is 8.55. The standard InChI is InChI=1S/C38H45FN10O3/c1-26(50)42-14-16-46-17-19-47(20-18-46)24-38(2,3)22-32(41-4)37(51)48-15-8-9-27(48)23-49-36-33(35(40)43-25-44-36)34(45-49)30-13-12-29(21-31(30)39)52-28-10-6-5-7-11-28/h5-7,10-13,21-22,25,27H,8-9,14-20,23-24H2,1-3H3,(H,42,50)(H2,40,43,44)/b32-22-/t27-/m0/s1.